The number of hydrogen-bond acceptors (Lipinski definition) is 6. The molecule has 0 aliphatic rings. The molecule has 9 nitrogen and oxygen atoms in total. The van der Waals surface area contributed by atoms with Gasteiger partial charge in [-0.3, -0.25) is 25.0 Å². The van der Waals surface area contributed by atoms with Crippen molar-refractivity contribution in [3.63, 3.8) is 0 Å². The molecule has 11 heteroatoms. The Morgan fingerprint density at radius 3 is 2.11 bits per heavy atom. The zero-order valence-corrected chi connectivity index (χ0v) is 18.0. The Morgan fingerprint density at radius 2 is 1.70 bits per heavy atom. The normalized spacial score (nSPS) is 14.3. The number of carbonyl (C=O) groups excluding carboxylic acids is 1. The van der Waals surface area contributed by atoms with E-state index in [0.29, 0.717) is 12.8 Å². The second-order valence-corrected chi connectivity index (χ2v) is 9.28. The zero-order chi connectivity index (χ0) is 20.7. The summed E-state index contributed by atoms with van der Waals surface area (Å²) in [6.45, 7) is 3.38. The van der Waals surface area contributed by atoms with Gasteiger partial charge >= 0.3 is 0 Å². The lowest BCUT2D eigenvalue weighted by atomic mass is 9.85. The highest BCUT2D eigenvalue weighted by molar-refractivity contribution is 9.09. The molecule has 1 aromatic carbocycles. The first-order valence-electron chi connectivity index (χ1n) is 8.22. The van der Waals surface area contributed by atoms with Crippen LogP contribution in [0.1, 0.15) is 48.5 Å². The number of nitrogens with one attached hydrogen (secondary N) is 1. The van der Waals surface area contributed by atoms with E-state index in [2.05, 4.69) is 37.2 Å². The van der Waals surface area contributed by atoms with Crippen molar-refractivity contribution in [2.24, 2.45) is 0 Å². The molecule has 0 aliphatic heterocycles. The summed E-state index contributed by atoms with van der Waals surface area (Å²) in [4.78, 5) is 34.0. The molecule has 0 heterocycles. The molecule has 1 rings (SSSR count). The molecule has 0 saturated carbocycles. The van der Waals surface area contributed by atoms with Crippen LogP contribution in [0.4, 0.5) is 11.4 Å². The summed E-state index contributed by atoms with van der Waals surface area (Å²) in [5.74, 6) is -1.08. The molecule has 27 heavy (non-hydrogen) atoms. The summed E-state index contributed by atoms with van der Waals surface area (Å²) < 4.78 is 0. The number of aliphatic hydroxyl groups excluding tert-OH is 1. The van der Waals surface area contributed by atoms with E-state index in [1.165, 1.54) is 0 Å². The van der Waals surface area contributed by atoms with E-state index in [9.17, 15) is 25.0 Å². The van der Waals surface area contributed by atoms with Crippen molar-refractivity contribution in [1.82, 2.24) is 5.32 Å². The van der Waals surface area contributed by atoms with Crippen LogP contribution in [0.5, 0.6) is 0 Å². The molecule has 0 aromatic heterocycles. The van der Waals surface area contributed by atoms with E-state index in [4.69, 9.17) is 5.11 Å². The fraction of sp³-hybridized carbons (Fsp3) is 0.562. The van der Waals surface area contributed by atoms with Crippen LogP contribution in [0, 0.1) is 20.2 Å². The van der Waals surface area contributed by atoms with Crippen molar-refractivity contribution in [2.45, 2.75) is 42.3 Å². The number of alkyl halides is 2. The van der Waals surface area contributed by atoms with Gasteiger partial charge < -0.3 is 10.4 Å². The van der Waals surface area contributed by atoms with E-state index >= 15 is 0 Å². The molecule has 0 aliphatic carbocycles. The molecule has 0 radical (unpaired) electrons. The van der Waals surface area contributed by atoms with Crippen LogP contribution in [-0.2, 0) is 0 Å². The first kappa shape index (κ1) is 23.4. The highest BCUT2D eigenvalue weighted by Crippen LogP contribution is 2.40. The summed E-state index contributed by atoms with van der Waals surface area (Å²) in [6.07, 6.45) is 0.990. The maximum absolute atomic E-state index is 12.6. The number of hydrogen-bond donors (Lipinski definition) is 2. The summed E-state index contributed by atoms with van der Waals surface area (Å²) in [5.41, 5.74) is -0.934. The number of non-ortho nitro benzene ring substituents is 1. The Hall–Kier alpha value is -1.59. The van der Waals surface area contributed by atoms with Crippen molar-refractivity contribution in [3.8, 4) is 0 Å². The van der Waals surface area contributed by atoms with Gasteiger partial charge in [0.05, 0.1) is 28.1 Å². The van der Waals surface area contributed by atoms with Crippen LogP contribution in [0.3, 0.4) is 0 Å². The molecule has 2 N–H and O–H groups in total. The highest BCUT2D eigenvalue weighted by atomic mass is 79.9. The molecule has 0 saturated heterocycles. The number of amides is 1. The van der Waals surface area contributed by atoms with Gasteiger partial charge in [0.25, 0.3) is 17.3 Å². The summed E-state index contributed by atoms with van der Waals surface area (Å²) in [5, 5.41) is 34.2. The average Bonchev–Trinajstić information content (AvgIpc) is 2.56. The van der Waals surface area contributed by atoms with Crippen LogP contribution < -0.4 is 5.32 Å². The molecule has 0 bridgehead atoms. The van der Waals surface area contributed by atoms with Gasteiger partial charge in [0.1, 0.15) is 0 Å². The molecular weight excluding hydrogens is 490 g/mol. The lowest BCUT2D eigenvalue weighted by molar-refractivity contribution is -0.394. The third-order valence-electron chi connectivity index (χ3n) is 3.82. The lowest BCUT2D eigenvalue weighted by Crippen LogP contribution is -2.28. The predicted octanol–water partition coefficient (Wildman–Crippen LogP) is 3.66. The molecule has 0 fully saturated rings. The first-order chi connectivity index (χ1) is 12.6. The van der Waals surface area contributed by atoms with Gasteiger partial charge in [-0.15, -0.1) is 0 Å². The van der Waals surface area contributed by atoms with Gasteiger partial charge in [0.15, 0.2) is 0 Å². The topological polar surface area (TPSA) is 136 Å². The predicted molar refractivity (Wildman–Crippen MR) is 108 cm³/mol. The van der Waals surface area contributed by atoms with Crippen LogP contribution in [0.15, 0.2) is 12.1 Å². The lowest BCUT2D eigenvalue weighted by Gasteiger charge is -2.22. The largest absolute Gasteiger partial charge is 0.395 e. The molecule has 1 aromatic rings. The van der Waals surface area contributed by atoms with Gasteiger partial charge in [0.2, 0.25) is 0 Å². The second-order valence-electron chi connectivity index (χ2n) is 6.15. The van der Waals surface area contributed by atoms with Gasteiger partial charge in [-0.1, -0.05) is 45.7 Å². The van der Waals surface area contributed by atoms with Gasteiger partial charge in [-0.25, -0.2) is 0 Å². The number of nitrogens with zero attached hydrogens (tertiary/aromatic N) is 2. The fourth-order valence-electron chi connectivity index (χ4n) is 2.88. The summed E-state index contributed by atoms with van der Waals surface area (Å²) in [7, 11) is 0. The maximum Gasteiger partial charge on any atom is 0.280 e. The zero-order valence-electron chi connectivity index (χ0n) is 14.9. The molecule has 1 amide bonds. The van der Waals surface area contributed by atoms with Crippen molar-refractivity contribution >= 4 is 49.1 Å². The van der Waals surface area contributed by atoms with Crippen molar-refractivity contribution in [3.05, 3.63) is 43.5 Å². The number of aliphatic hydroxyl groups is 1. The Morgan fingerprint density at radius 1 is 1.15 bits per heavy atom. The minimum Gasteiger partial charge on any atom is -0.395 e. The Labute approximate surface area is 173 Å². The SMILES string of the molecule is CC(Br)CC(CC(C)Br)c1c(C(=O)NCCO)cc([N+](=O)[O-])cc1[N+](=O)[O-]. The van der Waals surface area contributed by atoms with E-state index in [0.717, 1.165) is 12.1 Å². The van der Waals surface area contributed by atoms with Gasteiger partial charge in [0, 0.05) is 27.8 Å². The molecule has 2 unspecified atom stereocenters. The Bertz CT molecular complexity index is 702. The molecule has 150 valence electrons. The standard InChI is InChI=1S/C16H21Br2N3O6/c1-9(17)5-11(6-10(2)18)15-13(16(23)19-3-4-22)7-12(20(24)25)8-14(15)21(26)27/h7-11,22H,3-6H2,1-2H3,(H,19,23). The van der Waals surface area contributed by atoms with Crippen LogP contribution in [0.25, 0.3) is 0 Å². The minimum absolute atomic E-state index is 0.0110. The second kappa shape index (κ2) is 10.7. The number of carbonyl (C=O) groups is 1. The molecule has 0 spiro atoms. The van der Waals surface area contributed by atoms with Crippen LogP contribution in [0.2, 0.25) is 0 Å². The van der Waals surface area contributed by atoms with Gasteiger partial charge in [-0.2, -0.15) is 0 Å². The van der Waals surface area contributed by atoms with E-state index in [1.54, 1.807) is 0 Å². The van der Waals surface area contributed by atoms with E-state index in [-0.39, 0.29) is 39.9 Å². The number of benzene rings is 1. The fourth-order valence-corrected chi connectivity index (χ4v) is 3.78. The summed E-state index contributed by atoms with van der Waals surface area (Å²) in [6, 6.07) is 1.95. The monoisotopic (exact) mass is 509 g/mol. The van der Waals surface area contributed by atoms with Crippen LogP contribution in [-0.4, -0.2) is 43.7 Å². The number of rotatable bonds is 10. The average molecular weight is 511 g/mol. The van der Waals surface area contributed by atoms with Crippen LogP contribution >= 0.6 is 31.9 Å². The third-order valence-corrected chi connectivity index (χ3v) is 4.57. The number of halogens is 2. The highest BCUT2D eigenvalue weighted by Gasteiger charge is 2.33. The molecule has 2 atom stereocenters. The Balaban J connectivity index is 3.70. The Kier molecular flexibility index (Phi) is 9.27. The minimum atomic E-state index is -0.769. The quantitative estimate of drug-likeness (QED) is 0.280. The summed E-state index contributed by atoms with van der Waals surface area (Å²) >= 11 is 6.88. The third kappa shape index (κ3) is 6.82. The smallest absolute Gasteiger partial charge is 0.280 e. The number of nitro groups is 2. The van der Waals surface area contributed by atoms with Crippen molar-refractivity contribution in [1.29, 1.82) is 0 Å². The maximum atomic E-state index is 12.6. The first-order valence-corrected chi connectivity index (χ1v) is 10.1. The van der Waals surface area contributed by atoms with E-state index in [1.807, 2.05) is 13.8 Å². The van der Waals surface area contributed by atoms with Crippen molar-refractivity contribution < 1.29 is 19.7 Å². The van der Waals surface area contributed by atoms with Gasteiger partial charge in [-0.05, 0) is 18.8 Å². The molecular formula is C16H21Br2N3O6. The van der Waals surface area contributed by atoms with Crippen molar-refractivity contribution in [2.75, 3.05) is 13.2 Å². The van der Waals surface area contributed by atoms with E-state index < -0.39 is 27.1 Å². The number of nitro benzene ring substituents is 2.